The predicted molar refractivity (Wildman–Crippen MR) is 72.4 cm³/mol. The fraction of sp³-hybridized carbons (Fsp3) is 0.364. The lowest BCUT2D eigenvalue weighted by molar-refractivity contribution is -0.115. The fourth-order valence-corrected chi connectivity index (χ4v) is 1.83. The molecule has 0 fully saturated rings. The summed E-state index contributed by atoms with van der Waals surface area (Å²) in [5.41, 5.74) is 1.75. The van der Waals surface area contributed by atoms with E-state index in [4.69, 9.17) is 11.6 Å². The van der Waals surface area contributed by atoms with Crippen LogP contribution in [0.4, 0.5) is 11.4 Å². The molecule has 0 spiro atoms. The van der Waals surface area contributed by atoms with Crippen molar-refractivity contribution in [3.05, 3.63) is 22.7 Å². The third kappa shape index (κ3) is 3.68. The molecule has 1 amide bonds. The molecule has 0 aromatic heterocycles. The van der Waals surface area contributed by atoms with E-state index < -0.39 is 0 Å². The van der Waals surface area contributed by atoms with Crippen LogP contribution in [0.5, 0.6) is 0 Å². The zero-order chi connectivity index (χ0) is 12.1. The summed E-state index contributed by atoms with van der Waals surface area (Å²) in [5.74, 6) is 0.258. The predicted octanol–water partition coefficient (Wildman–Crippen LogP) is 3.08. The molecule has 88 valence electrons. The number of hydrogen-bond acceptors (Lipinski definition) is 2. The Morgan fingerprint density at radius 1 is 1.50 bits per heavy atom. The smallest absolute Gasteiger partial charge is 0.225 e. The van der Waals surface area contributed by atoms with Crippen LogP contribution in [0.3, 0.4) is 0 Å². The van der Waals surface area contributed by atoms with Crippen LogP contribution in [-0.2, 0) is 4.79 Å². The number of benzene rings is 1. The molecule has 0 saturated carbocycles. The minimum atomic E-state index is -0.0730. The first-order valence-electron chi connectivity index (χ1n) is 4.87. The van der Waals surface area contributed by atoms with Gasteiger partial charge in [0.2, 0.25) is 5.91 Å². The highest BCUT2D eigenvalue weighted by molar-refractivity contribution is 9.10. The van der Waals surface area contributed by atoms with E-state index in [0.717, 1.165) is 15.8 Å². The van der Waals surface area contributed by atoms with Gasteiger partial charge in [-0.05, 0) is 18.2 Å². The standard InChI is InChI=1S/C11H14BrClN2O/c1-15(2)10-4-3-8(12)7-9(10)14-11(16)5-6-13/h3-4,7H,5-6H2,1-2H3,(H,14,16). The van der Waals surface area contributed by atoms with Crippen molar-refractivity contribution in [3.63, 3.8) is 0 Å². The minimum Gasteiger partial charge on any atom is -0.376 e. The van der Waals surface area contributed by atoms with Gasteiger partial charge >= 0.3 is 0 Å². The number of rotatable bonds is 4. The van der Waals surface area contributed by atoms with Crippen LogP contribution in [0, 0.1) is 0 Å². The van der Waals surface area contributed by atoms with Crippen molar-refractivity contribution in [2.75, 3.05) is 30.2 Å². The van der Waals surface area contributed by atoms with Gasteiger partial charge in [-0.1, -0.05) is 15.9 Å². The Morgan fingerprint density at radius 3 is 2.75 bits per heavy atom. The topological polar surface area (TPSA) is 32.3 Å². The van der Waals surface area contributed by atoms with Crippen LogP contribution in [0.15, 0.2) is 22.7 Å². The number of amides is 1. The molecular formula is C11H14BrClN2O. The quantitative estimate of drug-likeness (QED) is 0.867. The molecule has 0 unspecified atom stereocenters. The van der Waals surface area contributed by atoms with E-state index in [1.165, 1.54) is 0 Å². The molecule has 1 aromatic carbocycles. The van der Waals surface area contributed by atoms with Crippen LogP contribution in [0.1, 0.15) is 6.42 Å². The van der Waals surface area contributed by atoms with Gasteiger partial charge in [-0.3, -0.25) is 4.79 Å². The first kappa shape index (κ1) is 13.3. The van der Waals surface area contributed by atoms with E-state index in [-0.39, 0.29) is 5.91 Å². The van der Waals surface area contributed by atoms with E-state index in [1.54, 1.807) is 0 Å². The Labute approximate surface area is 109 Å². The second-order valence-corrected chi connectivity index (χ2v) is 4.84. The van der Waals surface area contributed by atoms with Gasteiger partial charge in [0.25, 0.3) is 0 Å². The molecule has 0 radical (unpaired) electrons. The monoisotopic (exact) mass is 304 g/mol. The van der Waals surface area contributed by atoms with Gasteiger partial charge in [0.1, 0.15) is 0 Å². The van der Waals surface area contributed by atoms with Gasteiger partial charge in [0.15, 0.2) is 0 Å². The van der Waals surface area contributed by atoms with Crippen molar-refractivity contribution in [2.24, 2.45) is 0 Å². The first-order valence-corrected chi connectivity index (χ1v) is 6.20. The average molecular weight is 306 g/mol. The lowest BCUT2D eigenvalue weighted by Gasteiger charge is -2.18. The molecule has 0 saturated heterocycles. The highest BCUT2D eigenvalue weighted by atomic mass is 79.9. The van der Waals surface area contributed by atoms with Crippen LogP contribution in [0.25, 0.3) is 0 Å². The van der Waals surface area contributed by atoms with Crippen molar-refractivity contribution in [1.82, 2.24) is 0 Å². The molecule has 3 nitrogen and oxygen atoms in total. The van der Waals surface area contributed by atoms with Crippen LogP contribution in [0.2, 0.25) is 0 Å². The Hall–Kier alpha value is -0.740. The van der Waals surface area contributed by atoms with Crippen molar-refractivity contribution < 1.29 is 4.79 Å². The second-order valence-electron chi connectivity index (χ2n) is 3.54. The molecular weight excluding hydrogens is 291 g/mol. The average Bonchev–Trinajstić information content (AvgIpc) is 2.17. The summed E-state index contributed by atoms with van der Waals surface area (Å²) in [6.07, 6.45) is 0.320. The number of hydrogen-bond donors (Lipinski definition) is 1. The Bertz CT molecular complexity index is 382. The van der Waals surface area contributed by atoms with Crippen molar-refractivity contribution in [2.45, 2.75) is 6.42 Å². The Kier molecular flexibility index (Phi) is 5.09. The molecule has 0 aliphatic carbocycles. The zero-order valence-electron chi connectivity index (χ0n) is 9.26. The molecule has 5 heteroatoms. The van der Waals surface area contributed by atoms with E-state index in [0.29, 0.717) is 12.3 Å². The molecule has 0 aliphatic rings. The molecule has 1 aromatic rings. The van der Waals surface area contributed by atoms with Gasteiger partial charge < -0.3 is 10.2 Å². The van der Waals surface area contributed by atoms with Gasteiger partial charge in [0.05, 0.1) is 11.4 Å². The molecule has 16 heavy (non-hydrogen) atoms. The number of carbonyl (C=O) groups excluding carboxylic acids is 1. The summed E-state index contributed by atoms with van der Waals surface area (Å²) >= 11 is 8.89. The first-order chi connectivity index (χ1) is 7.54. The van der Waals surface area contributed by atoms with Crippen molar-refractivity contribution in [1.29, 1.82) is 0 Å². The number of alkyl halides is 1. The van der Waals surface area contributed by atoms with Crippen molar-refractivity contribution in [3.8, 4) is 0 Å². The number of halogens is 2. The lowest BCUT2D eigenvalue weighted by Crippen LogP contribution is -2.16. The molecule has 1 rings (SSSR count). The zero-order valence-corrected chi connectivity index (χ0v) is 11.6. The highest BCUT2D eigenvalue weighted by Crippen LogP contribution is 2.28. The molecule has 0 aliphatic heterocycles. The summed E-state index contributed by atoms with van der Waals surface area (Å²) < 4.78 is 0.930. The lowest BCUT2D eigenvalue weighted by atomic mass is 10.2. The molecule has 0 atom stereocenters. The van der Waals surface area contributed by atoms with Crippen molar-refractivity contribution >= 4 is 44.8 Å². The van der Waals surface area contributed by atoms with Crippen LogP contribution < -0.4 is 10.2 Å². The summed E-state index contributed by atoms with van der Waals surface area (Å²) in [6.45, 7) is 0. The maximum absolute atomic E-state index is 11.5. The minimum absolute atomic E-state index is 0.0730. The normalized spacial score (nSPS) is 10.0. The Morgan fingerprint density at radius 2 is 2.19 bits per heavy atom. The summed E-state index contributed by atoms with van der Waals surface area (Å²) in [5, 5.41) is 2.84. The number of nitrogens with zero attached hydrogens (tertiary/aromatic N) is 1. The third-order valence-corrected chi connectivity index (χ3v) is 2.72. The molecule has 0 bridgehead atoms. The summed E-state index contributed by atoms with van der Waals surface area (Å²) in [6, 6.07) is 5.76. The van der Waals surface area contributed by atoms with Crippen LogP contribution in [-0.4, -0.2) is 25.9 Å². The second kappa shape index (κ2) is 6.11. The summed E-state index contributed by atoms with van der Waals surface area (Å²) in [7, 11) is 3.86. The Balaban J connectivity index is 2.92. The van der Waals surface area contributed by atoms with Gasteiger partial charge in [-0.25, -0.2) is 0 Å². The summed E-state index contributed by atoms with van der Waals surface area (Å²) in [4.78, 5) is 13.4. The molecule has 0 heterocycles. The maximum atomic E-state index is 11.5. The maximum Gasteiger partial charge on any atom is 0.225 e. The highest BCUT2D eigenvalue weighted by Gasteiger charge is 2.08. The number of nitrogens with one attached hydrogen (secondary N) is 1. The van der Waals surface area contributed by atoms with Gasteiger partial charge in [0, 0.05) is 30.9 Å². The SMILES string of the molecule is CN(C)c1ccc(Br)cc1NC(=O)CCCl. The van der Waals surface area contributed by atoms with E-state index in [1.807, 2.05) is 37.2 Å². The van der Waals surface area contributed by atoms with Gasteiger partial charge in [-0.2, -0.15) is 0 Å². The molecule has 1 N–H and O–H groups in total. The van der Waals surface area contributed by atoms with Gasteiger partial charge in [-0.15, -0.1) is 11.6 Å². The van der Waals surface area contributed by atoms with E-state index in [2.05, 4.69) is 21.2 Å². The van der Waals surface area contributed by atoms with E-state index in [9.17, 15) is 4.79 Å². The third-order valence-electron chi connectivity index (χ3n) is 2.04. The van der Waals surface area contributed by atoms with E-state index >= 15 is 0 Å². The largest absolute Gasteiger partial charge is 0.376 e. The van der Waals surface area contributed by atoms with Crippen LogP contribution >= 0.6 is 27.5 Å². The fourth-order valence-electron chi connectivity index (χ4n) is 1.30. The number of carbonyl (C=O) groups is 1. The number of anilines is 2.